The van der Waals surface area contributed by atoms with Crippen molar-refractivity contribution in [2.45, 2.75) is 88.1 Å². The van der Waals surface area contributed by atoms with Crippen LogP contribution in [0.15, 0.2) is 9.98 Å². The minimum Gasteiger partial charge on any atom is -0.211 e. The molecule has 8 bridgehead atoms. The van der Waals surface area contributed by atoms with Gasteiger partial charge in [-0.05, 0) is 112 Å². The van der Waals surface area contributed by atoms with E-state index in [4.69, 9.17) is 0 Å². The fraction of sp³-hybridized carbons (Fsp3) is 0.909. The van der Waals surface area contributed by atoms with E-state index in [1.54, 1.807) is 0 Å². The zero-order valence-corrected chi connectivity index (χ0v) is 15.5. The Balaban J connectivity index is 1.46. The molecule has 0 aromatic heterocycles. The zero-order chi connectivity index (χ0) is 17.6. The second-order valence-corrected chi connectivity index (χ2v) is 11.3. The number of aliphatic imine (C=N–C) groups is 2. The van der Waals surface area contributed by atoms with E-state index >= 15 is 0 Å². The highest BCUT2D eigenvalue weighted by Crippen LogP contribution is 2.76. The molecule has 26 heavy (non-hydrogen) atoms. The number of hydrogen-bond acceptors (Lipinski definition) is 4. The van der Waals surface area contributed by atoms with Crippen molar-refractivity contribution in [3.05, 3.63) is 0 Å². The summed E-state index contributed by atoms with van der Waals surface area (Å²) >= 11 is 0. The van der Waals surface area contributed by atoms with Crippen molar-refractivity contribution in [2.24, 2.45) is 44.5 Å². The lowest BCUT2D eigenvalue weighted by atomic mass is 9.33. The van der Waals surface area contributed by atoms with Crippen LogP contribution in [0.4, 0.5) is 0 Å². The summed E-state index contributed by atoms with van der Waals surface area (Å²) in [6.07, 6.45) is 18.6. The first kappa shape index (κ1) is 15.8. The van der Waals surface area contributed by atoms with Crippen LogP contribution in [-0.4, -0.2) is 23.2 Å². The minimum absolute atomic E-state index is 0.115. The van der Waals surface area contributed by atoms with Crippen molar-refractivity contribution in [3.63, 3.8) is 0 Å². The van der Waals surface area contributed by atoms with E-state index in [1.807, 2.05) is 12.2 Å². The van der Waals surface area contributed by atoms with Crippen molar-refractivity contribution in [1.82, 2.24) is 0 Å². The molecule has 4 heteroatoms. The van der Waals surface area contributed by atoms with Gasteiger partial charge in [0.25, 0.3) is 0 Å². The van der Waals surface area contributed by atoms with Crippen LogP contribution in [0, 0.1) is 34.5 Å². The fourth-order valence-electron chi connectivity index (χ4n) is 10.1. The second-order valence-electron chi connectivity index (χ2n) is 11.3. The van der Waals surface area contributed by atoms with E-state index < -0.39 is 0 Å². The van der Waals surface area contributed by atoms with Crippen molar-refractivity contribution < 1.29 is 9.59 Å². The summed E-state index contributed by atoms with van der Waals surface area (Å²) < 4.78 is 0. The molecule has 8 aliphatic carbocycles. The molecule has 0 radical (unpaired) electrons. The van der Waals surface area contributed by atoms with Gasteiger partial charge in [-0.3, -0.25) is 0 Å². The third kappa shape index (κ3) is 1.88. The number of isocyanates is 2. The van der Waals surface area contributed by atoms with Gasteiger partial charge in [0.2, 0.25) is 12.2 Å². The van der Waals surface area contributed by atoms with Crippen molar-refractivity contribution in [3.8, 4) is 0 Å². The highest BCUT2D eigenvalue weighted by atomic mass is 16.1. The van der Waals surface area contributed by atoms with E-state index in [9.17, 15) is 9.59 Å². The fourth-order valence-corrected chi connectivity index (χ4v) is 10.1. The molecule has 4 unspecified atom stereocenters. The van der Waals surface area contributed by atoms with E-state index in [0.717, 1.165) is 62.2 Å². The molecule has 4 nitrogen and oxygen atoms in total. The number of nitrogens with zero attached hydrogens (tertiary/aromatic N) is 2. The maximum Gasteiger partial charge on any atom is 0.235 e. The van der Waals surface area contributed by atoms with E-state index in [2.05, 4.69) is 9.98 Å². The van der Waals surface area contributed by atoms with Gasteiger partial charge in [0.05, 0.1) is 11.1 Å². The van der Waals surface area contributed by atoms with Gasteiger partial charge >= 0.3 is 0 Å². The molecule has 0 saturated heterocycles. The molecule has 0 aromatic rings. The van der Waals surface area contributed by atoms with Crippen LogP contribution in [0.25, 0.3) is 0 Å². The lowest BCUT2D eigenvalue weighted by Gasteiger charge is -2.72. The molecule has 8 aliphatic rings. The minimum atomic E-state index is -0.115. The Morgan fingerprint density at radius 1 is 0.577 bits per heavy atom. The third-order valence-corrected chi connectivity index (χ3v) is 9.75. The molecule has 0 spiro atoms. The molecule has 8 saturated carbocycles. The van der Waals surface area contributed by atoms with Crippen molar-refractivity contribution in [2.75, 3.05) is 0 Å². The Morgan fingerprint density at radius 3 is 1.23 bits per heavy atom. The molecule has 0 N–H and O–H groups in total. The molecule has 0 aliphatic heterocycles. The van der Waals surface area contributed by atoms with Crippen molar-refractivity contribution in [1.29, 1.82) is 0 Å². The lowest BCUT2D eigenvalue weighted by molar-refractivity contribution is -0.206. The summed E-state index contributed by atoms with van der Waals surface area (Å²) in [6, 6.07) is 0. The average Bonchev–Trinajstić information content (AvgIpc) is 2.52. The number of rotatable bonds is 3. The van der Waals surface area contributed by atoms with Gasteiger partial charge in [0, 0.05) is 0 Å². The van der Waals surface area contributed by atoms with Crippen molar-refractivity contribution >= 4 is 12.2 Å². The molecule has 0 amide bonds. The predicted octanol–water partition coefficient (Wildman–Crippen LogP) is 4.34. The quantitative estimate of drug-likeness (QED) is 0.560. The third-order valence-electron chi connectivity index (χ3n) is 9.75. The van der Waals surface area contributed by atoms with Gasteiger partial charge in [0.15, 0.2) is 0 Å². The summed E-state index contributed by atoms with van der Waals surface area (Å²) in [5, 5.41) is 0. The monoisotopic (exact) mass is 352 g/mol. The first-order valence-corrected chi connectivity index (χ1v) is 10.7. The van der Waals surface area contributed by atoms with Crippen LogP contribution < -0.4 is 0 Å². The Kier molecular flexibility index (Phi) is 2.90. The summed E-state index contributed by atoms with van der Waals surface area (Å²) in [5.74, 6) is 2.97. The zero-order valence-electron chi connectivity index (χ0n) is 15.5. The predicted molar refractivity (Wildman–Crippen MR) is 95.9 cm³/mol. The SMILES string of the molecule is O=C=NC12CC3CC(C1)CC(C14CC5CC(CC(N=C=O)(C5)C1)C4)(C3)C2. The Morgan fingerprint density at radius 2 is 0.923 bits per heavy atom. The standard InChI is InChI=1S/C22H28N2O2/c25-13-23-21-7-15-1-16(8-21)4-19(3-15,11-21)20-5-17-2-18(6-20)10-22(9-17,12-20)24-14-26/h15-18H,1-12H2. The molecule has 0 aromatic carbocycles. The summed E-state index contributed by atoms with van der Waals surface area (Å²) in [7, 11) is 0. The maximum absolute atomic E-state index is 11.2. The Labute approximate surface area is 154 Å². The molecule has 138 valence electrons. The van der Waals surface area contributed by atoms with Crippen LogP contribution in [-0.2, 0) is 9.59 Å². The number of carbonyl (C=O) groups excluding carboxylic acids is 2. The van der Waals surface area contributed by atoms with Crippen LogP contribution in [0.1, 0.15) is 77.0 Å². The largest absolute Gasteiger partial charge is 0.235 e. The summed E-state index contributed by atoms with van der Waals surface area (Å²) in [5.41, 5.74) is 0.435. The summed E-state index contributed by atoms with van der Waals surface area (Å²) in [6.45, 7) is 0. The second kappa shape index (κ2) is 4.78. The molecular weight excluding hydrogens is 324 g/mol. The van der Waals surface area contributed by atoms with E-state index in [0.29, 0.717) is 10.8 Å². The maximum atomic E-state index is 11.2. The first-order valence-electron chi connectivity index (χ1n) is 10.7. The Hall–Kier alpha value is -1.24. The van der Waals surface area contributed by atoms with Crippen LogP contribution in [0.2, 0.25) is 0 Å². The van der Waals surface area contributed by atoms with Gasteiger partial charge in [-0.25, -0.2) is 9.59 Å². The molecule has 8 rings (SSSR count). The van der Waals surface area contributed by atoms with E-state index in [1.165, 1.54) is 38.5 Å². The first-order chi connectivity index (χ1) is 12.5. The van der Waals surface area contributed by atoms with Crippen LogP contribution in [0.3, 0.4) is 0 Å². The molecule has 8 fully saturated rings. The van der Waals surface area contributed by atoms with E-state index in [-0.39, 0.29) is 11.1 Å². The normalized spacial score (nSPS) is 58.3. The summed E-state index contributed by atoms with van der Waals surface area (Å²) in [4.78, 5) is 31.4. The van der Waals surface area contributed by atoms with Gasteiger partial charge < -0.3 is 0 Å². The van der Waals surface area contributed by atoms with Gasteiger partial charge in [-0.2, -0.15) is 9.98 Å². The average molecular weight is 352 g/mol. The highest BCUT2D eigenvalue weighted by molar-refractivity contribution is 5.38. The van der Waals surface area contributed by atoms with Gasteiger partial charge in [-0.15, -0.1) is 0 Å². The molecule has 4 atom stereocenters. The topological polar surface area (TPSA) is 58.9 Å². The smallest absolute Gasteiger partial charge is 0.211 e. The lowest BCUT2D eigenvalue weighted by Crippen LogP contribution is -2.66. The van der Waals surface area contributed by atoms with Crippen LogP contribution in [0.5, 0.6) is 0 Å². The molecular formula is C22H28N2O2. The molecule has 0 heterocycles. The van der Waals surface area contributed by atoms with Gasteiger partial charge in [0.1, 0.15) is 0 Å². The Bertz CT molecular complexity index is 668. The highest BCUT2D eigenvalue weighted by Gasteiger charge is 2.70. The number of hydrogen-bond donors (Lipinski definition) is 0. The van der Waals surface area contributed by atoms with Crippen LogP contribution >= 0.6 is 0 Å². The van der Waals surface area contributed by atoms with Gasteiger partial charge in [-0.1, -0.05) is 0 Å².